The number of anilines is 1. The van der Waals surface area contributed by atoms with Crippen molar-refractivity contribution in [2.75, 3.05) is 5.32 Å². The fourth-order valence-electron chi connectivity index (χ4n) is 1.53. The predicted molar refractivity (Wildman–Crippen MR) is 75.8 cm³/mol. The van der Waals surface area contributed by atoms with E-state index in [0.29, 0.717) is 11.3 Å². The van der Waals surface area contributed by atoms with Crippen LogP contribution in [0.15, 0.2) is 41.0 Å². The minimum atomic E-state index is -0.346. The maximum absolute atomic E-state index is 12.0. The molecule has 1 heterocycles. The van der Waals surface area contributed by atoms with Crippen molar-refractivity contribution in [1.82, 2.24) is 4.98 Å². The highest BCUT2D eigenvalue weighted by Crippen LogP contribution is 2.23. The van der Waals surface area contributed by atoms with Gasteiger partial charge in [-0.3, -0.25) is 9.78 Å². The van der Waals surface area contributed by atoms with Crippen LogP contribution in [-0.4, -0.2) is 10.9 Å². The van der Waals surface area contributed by atoms with Crippen LogP contribution in [0.2, 0.25) is 0 Å². The lowest BCUT2D eigenvalue weighted by molar-refractivity contribution is 0.102. The van der Waals surface area contributed by atoms with Gasteiger partial charge >= 0.3 is 0 Å². The number of halogens is 1. The Morgan fingerprint density at radius 2 is 2.16 bits per heavy atom. The molecule has 0 saturated heterocycles. The third-order valence-corrected chi connectivity index (χ3v) is 3.15. The monoisotopic (exact) mass is 315 g/mol. The van der Waals surface area contributed by atoms with Gasteiger partial charge in [-0.2, -0.15) is 5.26 Å². The van der Waals surface area contributed by atoms with Gasteiger partial charge in [0.05, 0.1) is 17.3 Å². The molecule has 94 valence electrons. The number of carbonyl (C=O) groups is 1. The van der Waals surface area contributed by atoms with Crippen LogP contribution in [-0.2, 0) is 0 Å². The quantitative estimate of drug-likeness (QED) is 0.924. The number of nitrogens with one attached hydrogen (secondary N) is 1. The molecule has 1 amide bonds. The van der Waals surface area contributed by atoms with Gasteiger partial charge in [-0.05, 0) is 52.7 Å². The van der Waals surface area contributed by atoms with Gasteiger partial charge < -0.3 is 5.32 Å². The van der Waals surface area contributed by atoms with Gasteiger partial charge in [0.25, 0.3) is 5.91 Å². The number of rotatable bonds is 2. The van der Waals surface area contributed by atoms with E-state index in [1.165, 1.54) is 12.3 Å². The summed E-state index contributed by atoms with van der Waals surface area (Å²) in [5, 5.41) is 11.5. The Morgan fingerprint density at radius 1 is 1.37 bits per heavy atom. The maximum atomic E-state index is 12.0. The first-order valence-electron chi connectivity index (χ1n) is 5.54. The van der Waals surface area contributed by atoms with E-state index in [4.69, 9.17) is 5.26 Å². The number of aryl methyl sites for hydroxylation is 1. The smallest absolute Gasteiger partial charge is 0.274 e. The van der Waals surface area contributed by atoms with E-state index in [-0.39, 0.29) is 11.6 Å². The molecule has 2 rings (SSSR count). The molecular weight excluding hydrogens is 306 g/mol. The first-order valence-corrected chi connectivity index (χ1v) is 6.33. The molecule has 4 nitrogen and oxygen atoms in total. The van der Waals surface area contributed by atoms with Gasteiger partial charge in [0.15, 0.2) is 0 Å². The first kappa shape index (κ1) is 13.2. The van der Waals surface area contributed by atoms with Gasteiger partial charge in [-0.25, -0.2) is 0 Å². The number of amides is 1. The molecule has 0 aliphatic heterocycles. The molecule has 0 aliphatic rings. The van der Waals surface area contributed by atoms with Crippen molar-refractivity contribution in [2.45, 2.75) is 6.92 Å². The van der Waals surface area contributed by atoms with E-state index in [2.05, 4.69) is 26.2 Å². The molecule has 1 aromatic heterocycles. The van der Waals surface area contributed by atoms with Crippen LogP contribution in [0.1, 0.15) is 21.6 Å². The summed E-state index contributed by atoms with van der Waals surface area (Å²) in [7, 11) is 0. The third-order valence-electron chi connectivity index (χ3n) is 2.49. The number of pyridine rings is 1. The molecular formula is C14H10BrN3O. The van der Waals surface area contributed by atoms with E-state index < -0.39 is 0 Å². The summed E-state index contributed by atoms with van der Waals surface area (Å²) in [6, 6.07) is 10.6. The van der Waals surface area contributed by atoms with Crippen molar-refractivity contribution < 1.29 is 4.79 Å². The molecule has 1 N–H and O–H groups in total. The number of nitriles is 1. The van der Waals surface area contributed by atoms with Gasteiger partial charge in [-0.15, -0.1) is 0 Å². The van der Waals surface area contributed by atoms with Crippen molar-refractivity contribution in [3.63, 3.8) is 0 Å². The van der Waals surface area contributed by atoms with Crippen LogP contribution < -0.4 is 5.32 Å². The van der Waals surface area contributed by atoms with Crippen LogP contribution >= 0.6 is 15.9 Å². The molecule has 2 aromatic rings. The molecule has 0 radical (unpaired) electrons. The molecule has 0 fully saturated rings. The minimum Gasteiger partial charge on any atom is -0.320 e. The molecule has 0 unspecified atom stereocenters. The number of hydrogen-bond donors (Lipinski definition) is 1. The number of aromatic nitrogens is 1. The maximum Gasteiger partial charge on any atom is 0.274 e. The van der Waals surface area contributed by atoms with Crippen LogP contribution in [0.5, 0.6) is 0 Å². The summed E-state index contributed by atoms with van der Waals surface area (Å²) in [6.45, 7) is 1.97. The van der Waals surface area contributed by atoms with Gasteiger partial charge in [-0.1, -0.05) is 6.07 Å². The summed E-state index contributed by atoms with van der Waals surface area (Å²) in [6.07, 6.45) is 1.44. The lowest BCUT2D eigenvalue weighted by atomic mass is 10.2. The van der Waals surface area contributed by atoms with E-state index in [0.717, 1.165) is 10.0 Å². The van der Waals surface area contributed by atoms with Crippen molar-refractivity contribution in [3.05, 3.63) is 57.8 Å². The van der Waals surface area contributed by atoms with E-state index >= 15 is 0 Å². The van der Waals surface area contributed by atoms with Crippen LogP contribution in [0.3, 0.4) is 0 Å². The molecule has 0 aliphatic carbocycles. The lowest BCUT2D eigenvalue weighted by Gasteiger charge is -2.07. The van der Waals surface area contributed by atoms with E-state index in [1.54, 1.807) is 6.07 Å². The highest BCUT2D eigenvalue weighted by molar-refractivity contribution is 9.10. The van der Waals surface area contributed by atoms with Gasteiger partial charge in [0.2, 0.25) is 0 Å². The van der Waals surface area contributed by atoms with Gasteiger partial charge in [0.1, 0.15) is 5.69 Å². The average Bonchev–Trinajstić information content (AvgIpc) is 2.42. The minimum absolute atomic E-state index is 0.214. The summed E-state index contributed by atoms with van der Waals surface area (Å²) in [4.78, 5) is 16.0. The van der Waals surface area contributed by atoms with Crippen LogP contribution in [0.4, 0.5) is 5.69 Å². The number of benzene rings is 1. The second kappa shape index (κ2) is 5.63. The number of hydrogen-bond acceptors (Lipinski definition) is 3. The zero-order valence-corrected chi connectivity index (χ0v) is 11.7. The SMILES string of the molecule is Cc1ccc(NC(=O)c2cc(C#N)ccn2)c(Br)c1. The van der Waals surface area contributed by atoms with Crippen molar-refractivity contribution in [1.29, 1.82) is 5.26 Å². The summed E-state index contributed by atoms with van der Waals surface area (Å²) < 4.78 is 0.803. The van der Waals surface area contributed by atoms with Crippen molar-refractivity contribution in [3.8, 4) is 6.07 Å². The molecule has 0 bridgehead atoms. The van der Waals surface area contributed by atoms with Crippen molar-refractivity contribution >= 4 is 27.5 Å². The lowest BCUT2D eigenvalue weighted by Crippen LogP contribution is -2.14. The molecule has 0 atom stereocenters. The zero-order valence-electron chi connectivity index (χ0n) is 10.1. The van der Waals surface area contributed by atoms with Crippen molar-refractivity contribution in [2.24, 2.45) is 0 Å². The molecule has 1 aromatic carbocycles. The Balaban J connectivity index is 2.23. The van der Waals surface area contributed by atoms with E-state index in [9.17, 15) is 4.79 Å². The Labute approximate surface area is 119 Å². The standard InChI is InChI=1S/C14H10BrN3O/c1-9-2-3-12(11(15)6-9)18-14(19)13-7-10(8-16)4-5-17-13/h2-7H,1H3,(H,18,19). The predicted octanol–water partition coefficient (Wildman–Crippen LogP) is 3.28. The Kier molecular flexibility index (Phi) is 3.93. The number of nitrogens with zero attached hydrogens (tertiary/aromatic N) is 2. The second-order valence-electron chi connectivity index (χ2n) is 3.98. The largest absolute Gasteiger partial charge is 0.320 e. The second-order valence-corrected chi connectivity index (χ2v) is 4.83. The molecule has 5 heteroatoms. The van der Waals surface area contributed by atoms with Gasteiger partial charge in [0, 0.05) is 10.7 Å². The molecule has 0 saturated carbocycles. The highest BCUT2D eigenvalue weighted by atomic mass is 79.9. The Bertz CT molecular complexity index is 677. The summed E-state index contributed by atoms with van der Waals surface area (Å²) in [5.41, 5.74) is 2.38. The van der Waals surface area contributed by atoms with Crippen LogP contribution in [0.25, 0.3) is 0 Å². The first-order chi connectivity index (χ1) is 9.10. The number of carbonyl (C=O) groups excluding carboxylic acids is 1. The third kappa shape index (κ3) is 3.18. The fourth-order valence-corrected chi connectivity index (χ4v) is 2.12. The van der Waals surface area contributed by atoms with Crippen LogP contribution in [0, 0.1) is 18.3 Å². The normalized spacial score (nSPS) is 9.74. The van der Waals surface area contributed by atoms with E-state index in [1.807, 2.05) is 31.2 Å². The Hall–Kier alpha value is -2.19. The molecule has 19 heavy (non-hydrogen) atoms. The topological polar surface area (TPSA) is 65.8 Å². The fraction of sp³-hybridized carbons (Fsp3) is 0.0714. The highest BCUT2D eigenvalue weighted by Gasteiger charge is 2.10. The average molecular weight is 316 g/mol. The molecule has 0 spiro atoms. The Morgan fingerprint density at radius 3 is 2.84 bits per heavy atom. The zero-order chi connectivity index (χ0) is 13.8. The summed E-state index contributed by atoms with van der Waals surface area (Å²) >= 11 is 3.39. The summed E-state index contributed by atoms with van der Waals surface area (Å²) in [5.74, 6) is -0.346.